The minimum absolute atomic E-state index is 0.130. The number of hydrogen-bond donors (Lipinski definition) is 1. The molecule has 1 aromatic heterocycles. The van der Waals surface area contributed by atoms with Crippen LogP contribution < -0.4 is 5.32 Å². The maximum absolute atomic E-state index is 12.2. The van der Waals surface area contributed by atoms with Gasteiger partial charge in [-0.05, 0) is 25.1 Å². The van der Waals surface area contributed by atoms with Gasteiger partial charge in [-0.25, -0.2) is 0 Å². The monoisotopic (exact) mass is 306 g/mol. The van der Waals surface area contributed by atoms with E-state index in [9.17, 15) is 9.59 Å². The van der Waals surface area contributed by atoms with Crippen LogP contribution in [0.3, 0.4) is 0 Å². The number of ether oxygens (including phenoxy) is 1. The van der Waals surface area contributed by atoms with E-state index in [0.717, 1.165) is 5.39 Å². The summed E-state index contributed by atoms with van der Waals surface area (Å²) in [7, 11) is 0. The van der Waals surface area contributed by atoms with Gasteiger partial charge < -0.3 is 10.1 Å². The summed E-state index contributed by atoms with van der Waals surface area (Å²) in [5.74, 6) is -0.655. The van der Waals surface area contributed by atoms with E-state index in [2.05, 4.69) is 10.3 Å². The Balaban J connectivity index is 2.11. The fraction of sp³-hybridized carbons (Fsp3) is 0.267. The van der Waals surface area contributed by atoms with Crippen molar-refractivity contribution in [2.45, 2.75) is 13.3 Å². The number of rotatable bonds is 5. The average molecular weight is 307 g/mol. The second kappa shape index (κ2) is 7.04. The van der Waals surface area contributed by atoms with Crippen LogP contribution in [-0.4, -0.2) is 30.0 Å². The summed E-state index contributed by atoms with van der Waals surface area (Å²) < 4.78 is 4.80. The molecule has 2 aromatic rings. The van der Waals surface area contributed by atoms with Crippen LogP contribution >= 0.6 is 11.6 Å². The number of amides is 1. The molecule has 0 fully saturated rings. The van der Waals surface area contributed by atoms with Crippen molar-refractivity contribution in [2.24, 2.45) is 0 Å². The Morgan fingerprint density at radius 3 is 2.95 bits per heavy atom. The summed E-state index contributed by atoms with van der Waals surface area (Å²) >= 11 is 6.01. The van der Waals surface area contributed by atoms with E-state index >= 15 is 0 Å². The molecule has 0 aliphatic rings. The highest BCUT2D eigenvalue weighted by Gasteiger charge is 2.13. The van der Waals surface area contributed by atoms with Crippen molar-refractivity contribution in [3.05, 3.63) is 41.0 Å². The Labute approximate surface area is 127 Å². The van der Waals surface area contributed by atoms with Crippen LogP contribution in [0.5, 0.6) is 0 Å². The highest BCUT2D eigenvalue weighted by atomic mass is 35.5. The van der Waals surface area contributed by atoms with Gasteiger partial charge in [-0.2, -0.15) is 0 Å². The van der Waals surface area contributed by atoms with Crippen LogP contribution in [0, 0.1) is 0 Å². The van der Waals surface area contributed by atoms with E-state index in [1.54, 1.807) is 31.3 Å². The lowest BCUT2D eigenvalue weighted by Gasteiger charge is -2.08. The Bertz CT molecular complexity index is 673. The molecule has 0 saturated carbocycles. The van der Waals surface area contributed by atoms with Gasteiger partial charge >= 0.3 is 5.97 Å². The van der Waals surface area contributed by atoms with Crippen molar-refractivity contribution >= 4 is 34.4 Å². The normalized spacial score (nSPS) is 10.4. The zero-order valence-corrected chi connectivity index (χ0v) is 12.3. The third kappa shape index (κ3) is 3.92. The molecule has 0 bridgehead atoms. The van der Waals surface area contributed by atoms with Crippen LogP contribution in [0.25, 0.3) is 10.9 Å². The molecule has 1 amide bonds. The molecule has 2 rings (SSSR count). The first-order valence-corrected chi connectivity index (χ1v) is 6.97. The van der Waals surface area contributed by atoms with E-state index in [1.165, 1.54) is 0 Å². The molecule has 0 atom stereocenters. The molecular formula is C15H15ClN2O3. The summed E-state index contributed by atoms with van der Waals surface area (Å²) in [6.45, 7) is 2.27. The van der Waals surface area contributed by atoms with Gasteiger partial charge in [0.15, 0.2) is 0 Å². The average Bonchev–Trinajstić information content (AvgIpc) is 2.46. The Morgan fingerprint density at radius 1 is 1.38 bits per heavy atom. The summed E-state index contributed by atoms with van der Waals surface area (Å²) in [5, 5.41) is 3.93. The molecule has 1 aromatic carbocycles. The minimum Gasteiger partial charge on any atom is -0.466 e. The summed E-state index contributed by atoms with van der Waals surface area (Å²) in [6, 6.07) is 6.93. The van der Waals surface area contributed by atoms with Crippen molar-refractivity contribution in [1.29, 1.82) is 0 Å². The van der Waals surface area contributed by atoms with Gasteiger partial charge in [0.1, 0.15) is 0 Å². The lowest BCUT2D eigenvalue weighted by atomic mass is 10.1. The molecule has 0 aliphatic heterocycles. The van der Waals surface area contributed by atoms with Gasteiger partial charge in [0.05, 0.1) is 24.1 Å². The van der Waals surface area contributed by atoms with Crippen LogP contribution in [0.2, 0.25) is 5.02 Å². The second-order valence-corrected chi connectivity index (χ2v) is 4.78. The molecular weight excluding hydrogens is 292 g/mol. The standard InChI is InChI=1S/C15H15ClN2O3/c1-2-21-13(19)5-7-18-15(20)12-9-11(16)8-10-4-3-6-17-14(10)12/h3-4,6,8-9H,2,5,7H2,1H3,(H,18,20). The molecule has 1 N–H and O–H groups in total. The SMILES string of the molecule is CCOC(=O)CCNC(=O)c1cc(Cl)cc2cccnc12. The molecule has 110 valence electrons. The summed E-state index contributed by atoms with van der Waals surface area (Å²) in [6.07, 6.45) is 1.75. The number of nitrogens with one attached hydrogen (secondary N) is 1. The number of halogens is 1. The number of aromatic nitrogens is 1. The second-order valence-electron chi connectivity index (χ2n) is 4.34. The first kappa shape index (κ1) is 15.3. The first-order chi connectivity index (χ1) is 10.1. The van der Waals surface area contributed by atoms with E-state index in [1.807, 2.05) is 6.07 Å². The number of pyridine rings is 1. The van der Waals surface area contributed by atoms with E-state index in [0.29, 0.717) is 22.7 Å². The third-order valence-electron chi connectivity index (χ3n) is 2.83. The largest absolute Gasteiger partial charge is 0.466 e. The van der Waals surface area contributed by atoms with Gasteiger partial charge in [0.25, 0.3) is 5.91 Å². The molecule has 0 aliphatic carbocycles. The number of esters is 1. The number of benzene rings is 1. The van der Waals surface area contributed by atoms with E-state index in [-0.39, 0.29) is 24.8 Å². The number of carbonyl (C=O) groups is 2. The minimum atomic E-state index is -0.341. The van der Waals surface area contributed by atoms with E-state index < -0.39 is 0 Å². The van der Waals surface area contributed by atoms with Crippen LogP contribution in [0.4, 0.5) is 0 Å². The number of fused-ring (bicyclic) bond motifs is 1. The molecule has 5 nitrogen and oxygen atoms in total. The van der Waals surface area contributed by atoms with Crippen molar-refractivity contribution in [2.75, 3.05) is 13.2 Å². The highest BCUT2D eigenvalue weighted by molar-refractivity contribution is 6.32. The smallest absolute Gasteiger partial charge is 0.307 e. The van der Waals surface area contributed by atoms with Crippen LogP contribution in [0.1, 0.15) is 23.7 Å². The van der Waals surface area contributed by atoms with Crippen LogP contribution in [0.15, 0.2) is 30.5 Å². The molecule has 1 heterocycles. The van der Waals surface area contributed by atoms with Crippen molar-refractivity contribution in [3.8, 4) is 0 Å². The van der Waals surface area contributed by atoms with E-state index in [4.69, 9.17) is 16.3 Å². The zero-order chi connectivity index (χ0) is 15.2. The Kier molecular flexibility index (Phi) is 5.11. The first-order valence-electron chi connectivity index (χ1n) is 6.60. The predicted octanol–water partition coefficient (Wildman–Crippen LogP) is 2.57. The topological polar surface area (TPSA) is 68.3 Å². The Morgan fingerprint density at radius 2 is 2.19 bits per heavy atom. The van der Waals surface area contributed by atoms with Gasteiger partial charge in [0, 0.05) is 23.2 Å². The highest BCUT2D eigenvalue weighted by Crippen LogP contribution is 2.22. The molecule has 0 spiro atoms. The molecule has 0 unspecified atom stereocenters. The predicted molar refractivity (Wildman–Crippen MR) is 80.3 cm³/mol. The molecule has 0 saturated heterocycles. The summed E-state index contributed by atoms with van der Waals surface area (Å²) in [5.41, 5.74) is 0.970. The van der Waals surface area contributed by atoms with Crippen molar-refractivity contribution in [1.82, 2.24) is 10.3 Å². The van der Waals surface area contributed by atoms with Crippen molar-refractivity contribution < 1.29 is 14.3 Å². The number of carbonyl (C=O) groups excluding carboxylic acids is 2. The van der Waals surface area contributed by atoms with Gasteiger partial charge in [-0.3, -0.25) is 14.6 Å². The maximum atomic E-state index is 12.2. The lowest BCUT2D eigenvalue weighted by molar-refractivity contribution is -0.142. The van der Waals surface area contributed by atoms with Crippen molar-refractivity contribution in [3.63, 3.8) is 0 Å². The zero-order valence-electron chi connectivity index (χ0n) is 11.6. The fourth-order valence-corrected chi connectivity index (χ4v) is 2.16. The third-order valence-corrected chi connectivity index (χ3v) is 3.05. The molecule has 6 heteroatoms. The lowest BCUT2D eigenvalue weighted by Crippen LogP contribution is -2.26. The molecule has 0 radical (unpaired) electrons. The quantitative estimate of drug-likeness (QED) is 0.862. The van der Waals surface area contributed by atoms with Gasteiger partial charge in [-0.1, -0.05) is 17.7 Å². The molecule has 21 heavy (non-hydrogen) atoms. The van der Waals surface area contributed by atoms with Gasteiger partial charge in [0.2, 0.25) is 0 Å². The number of hydrogen-bond acceptors (Lipinski definition) is 4. The summed E-state index contributed by atoms with van der Waals surface area (Å²) in [4.78, 5) is 27.6. The fourth-order valence-electron chi connectivity index (χ4n) is 1.94. The van der Waals surface area contributed by atoms with Gasteiger partial charge in [-0.15, -0.1) is 0 Å². The maximum Gasteiger partial charge on any atom is 0.307 e. The number of nitrogens with zero attached hydrogens (tertiary/aromatic N) is 1. The Hall–Kier alpha value is -2.14. The van der Waals surface area contributed by atoms with Crippen LogP contribution in [-0.2, 0) is 9.53 Å².